The molecule has 0 aliphatic heterocycles. The molecule has 6 nitrogen and oxygen atoms in total. The maximum atomic E-state index is 12.9. The Morgan fingerprint density at radius 3 is 2.36 bits per heavy atom. The van der Waals surface area contributed by atoms with Gasteiger partial charge in [-0.25, -0.2) is 12.8 Å². The van der Waals surface area contributed by atoms with Crippen molar-refractivity contribution in [3.05, 3.63) is 65.8 Å². The van der Waals surface area contributed by atoms with Gasteiger partial charge in [0.2, 0.25) is 21.7 Å². The Bertz CT molecular complexity index is 967. The molecule has 0 aliphatic carbocycles. The van der Waals surface area contributed by atoms with E-state index >= 15 is 0 Å². The van der Waals surface area contributed by atoms with Crippen molar-refractivity contribution in [2.75, 3.05) is 0 Å². The van der Waals surface area contributed by atoms with Crippen molar-refractivity contribution in [1.29, 1.82) is 0 Å². The lowest BCUT2D eigenvalue weighted by Gasteiger charge is -2.10. The highest BCUT2D eigenvalue weighted by atomic mass is 32.2. The van der Waals surface area contributed by atoms with Gasteiger partial charge in [-0.2, -0.15) is 9.71 Å². The number of sulfonamides is 1. The summed E-state index contributed by atoms with van der Waals surface area (Å²) in [6.45, 7) is 3.56. The summed E-state index contributed by atoms with van der Waals surface area (Å²) in [6.07, 6.45) is 0. The van der Waals surface area contributed by atoms with Gasteiger partial charge in [-0.3, -0.25) is 0 Å². The molecule has 3 rings (SSSR count). The van der Waals surface area contributed by atoms with Crippen molar-refractivity contribution in [2.45, 2.75) is 24.8 Å². The van der Waals surface area contributed by atoms with Crippen LogP contribution in [0.2, 0.25) is 0 Å². The zero-order valence-electron chi connectivity index (χ0n) is 13.6. The van der Waals surface area contributed by atoms with Gasteiger partial charge in [0.25, 0.3) is 0 Å². The Morgan fingerprint density at radius 2 is 1.72 bits per heavy atom. The van der Waals surface area contributed by atoms with Gasteiger partial charge in [0.05, 0.1) is 10.9 Å². The normalized spacial score (nSPS) is 12.9. The molecule has 0 aliphatic rings. The summed E-state index contributed by atoms with van der Waals surface area (Å²) in [6, 6.07) is 11.4. The van der Waals surface area contributed by atoms with Gasteiger partial charge in [-0.05, 0) is 38.1 Å². The third-order valence-corrected chi connectivity index (χ3v) is 5.13. The summed E-state index contributed by atoms with van der Waals surface area (Å²) < 4.78 is 45.2. The van der Waals surface area contributed by atoms with Crippen LogP contribution in [-0.2, 0) is 10.0 Å². The molecule has 0 spiro atoms. The summed E-state index contributed by atoms with van der Waals surface area (Å²) in [4.78, 5) is 4.19. The molecule has 1 N–H and O–H groups in total. The van der Waals surface area contributed by atoms with Crippen LogP contribution >= 0.6 is 0 Å². The molecule has 0 radical (unpaired) electrons. The highest BCUT2D eigenvalue weighted by Gasteiger charge is 2.22. The molecule has 1 heterocycles. The fourth-order valence-corrected chi connectivity index (χ4v) is 3.39. The molecular weight excluding hydrogens is 345 g/mol. The van der Waals surface area contributed by atoms with Crippen LogP contribution < -0.4 is 4.72 Å². The fourth-order valence-electron chi connectivity index (χ4n) is 2.20. The second kappa shape index (κ2) is 6.73. The van der Waals surface area contributed by atoms with Crippen molar-refractivity contribution in [1.82, 2.24) is 14.9 Å². The monoisotopic (exact) mass is 361 g/mol. The molecule has 2 aromatic carbocycles. The predicted molar refractivity (Wildman–Crippen MR) is 89.6 cm³/mol. The quantitative estimate of drug-likeness (QED) is 0.754. The second-order valence-corrected chi connectivity index (χ2v) is 7.33. The van der Waals surface area contributed by atoms with Gasteiger partial charge in [-0.1, -0.05) is 35.0 Å². The number of aromatic nitrogens is 2. The lowest BCUT2D eigenvalue weighted by molar-refractivity contribution is 0.354. The summed E-state index contributed by atoms with van der Waals surface area (Å²) in [5.74, 6) is 0.00994. The van der Waals surface area contributed by atoms with Crippen LogP contribution in [0, 0.1) is 12.7 Å². The van der Waals surface area contributed by atoms with Gasteiger partial charge in [0.15, 0.2) is 0 Å². The lowest BCUT2D eigenvalue weighted by atomic mass is 10.1. The van der Waals surface area contributed by atoms with Crippen molar-refractivity contribution in [3.63, 3.8) is 0 Å². The van der Waals surface area contributed by atoms with Crippen LogP contribution in [0.1, 0.15) is 24.4 Å². The van der Waals surface area contributed by atoms with Gasteiger partial charge in [-0.15, -0.1) is 0 Å². The minimum atomic E-state index is -3.83. The van der Waals surface area contributed by atoms with E-state index in [1.807, 2.05) is 31.2 Å². The first-order chi connectivity index (χ1) is 11.8. The van der Waals surface area contributed by atoms with E-state index < -0.39 is 21.9 Å². The molecule has 3 aromatic rings. The molecule has 1 atom stereocenters. The summed E-state index contributed by atoms with van der Waals surface area (Å²) >= 11 is 0. The van der Waals surface area contributed by atoms with Crippen LogP contribution in [-0.4, -0.2) is 18.6 Å². The Morgan fingerprint density at radius 1 is 1.08 bits per heavy atom. The molecule has 0 saturated heterocycles. The number of hydrogen-bond donors (Lipinski definition) is 1. The number of nitrogens with one attached hydrogen (secondary N) is 1. The largest absolute Gasteiger partial charge is 0.337 e. The predicted octanol–water partition coefficient (Wildman–Crippen LogP) is 3.22. The van der Waals surface area contributed by atoms with Gasteiger partial charge >= 0.3 is 0 Å². The van der Waals surface area contributed by atoms with Crippen LogP contribution in [0.4, 0.5) is 4.39 Å². The third kappa shape index (κ3) is 3.92. The van der Waals surface area contributed by atoms with E-state index in [1.54, 1.807) is 6.92 Å². The minimum absolute atomic E-state index is 0.0426. The molecule has 1 unspecified atom stereocenters. The van der Waals surface area contributed by atoms with Gasteiger partial charge in [0, 0.05) is 5.56 Å². The second-order valence-electron chi connectivity index (χ2n) is 5.62. The van der Waals surface area contributed by atoms with Crippen LogP contribution in [0.25, 0.3) is 11.4 Å². The molecule has 0 bridgehead atoms. The van der Waals surface area contributed by atoms with E-state index in [0.717, 1.165) is 23.3 Å². The number of aryl methyl sites for hydroxylation is 1. The zero-order chi connectivity index (χ0) is 18.0. The van der Waals surface area contributed by atoms with Gasteiger partial charge < -0.3 is 4.52 Å². The SMILES string of the molecule is Cc1ccc(-c2noc(C(C)NS(=O)(=O)c3ccc(F)cc3)n2)cc1. The number of rotatable bonds is 5. The maximum Gasteiger partial charge on any atom is 0.244 e. The lowest BCUT2D eigenvalue weighted by Crippen LogP contribution is -2.27. The molecule has 0 fully saturated rings. The highest BCUT2D eigenvalue weighted by Crippen LogP contribution is 2.20. The molecule has 1 aromatic heterocycles. The number of benzene rings is 2. The molecule has 8 heteroatoms. The van der Waals surface area contributed by atoms with E-state index in [0.29, 0.717) is 5.82 Å². The average Bonchev–Trinajstić information content (AvgIpc) is 3.06. The van der Waals surface area contributed by atoms with Crippen LogP contribution in [0.15, 0.2) is 57.9 Å². The number of hydrogen-bond acceptors (Lipinski definition) is 5. The Hall–Kier alpha value is -2.58. The zero-order valence-corrected chi connectivity index (χ0v) is 14.4. The van der Waals surface area contributed by atoms with E-state index in [2.05, 4.69) is 14.9 Å². The summed E-state index contributed by atoms with van der Waals surface area (Å²) in [5, 5.41) is 3.88. The summed E-state index contributed by atoms with van der Waals surface area (Å²) in [5.41, 5.74) is 1.88. The highest BCUT2D eigenvalue weighted by molar-refractivity contribution is 7.89. The van der Waals surface area contributed by atoms with E-state index in [1.165, 1.54) is 12.1 Å². The Balaban J connectivity index is 1.78. The topological polar surface area (TPSA) is 85.1 Å². The minimum Gasteiger partial charge on any atom is -0.337 e. The summed E-state index contributed by atoms with van der Waals surface area (Å²) in [7, 11) is -3.83. The van der Waals surface area contributed by atoms with E-state index in [-0.39, 0.29) is 10.8 Å². The average molecular weight is 361 g/mol. The Labute approximate surface area is 144 Å². The van der Waals surface area contributed by atoms with E-state index in [9.17, 15) is 12.8 Å². The fraction of sp³-hybridized carbons (Fsp3) is 0.176. The van der Waals surface area contributed by atoms with Crippen LogP contribution in [0.5, 0.6) is 0 Å². The first-order valence-electron chi connectivity index (χ1n) is 7.54. The van der Waals surface area contributed by atoms with Crippen molar-refractivity contribution < 1.29 is 17.3 Å². The standard InChI is InChI=1S/C17H16FN3O3S/c1-11-3-5-13(6-4-11)16-19-17(24-20-16)12(2)21-25(22,23)15-9-7-14(18)8-10-15/h3-10,12,21H,1-2H3. The number of halogens is 1. The maximum absolute atomic E-state index is 12.9. The first kappa shape index (κ1) is 17.2. The van der Waals surface area contributed by atoms with Crippen molar-refractivity contribution in [3.8, 4) is 11.4 Å². The first-order valence-corrected chi connectivity index (χ1v) is 9.02. The number of nitrogens with zero attached hydrogens (tertiary/aromatic N) is 2. The third-order valence-electron chi connectivity index (χ3n) is 3.58. The molecule has 25 heavy (non-hydrogen) atoms. The molecular formula is C17H16FN3O3S. The van der Waals surface area contributed by atoms with Crippen molar-refractivity contribution in [2.24, 2.45) is 0 Å². The molecule has 0 amide bonds. The molecule has 130 valence electrons. The van der Waals surface area contributed by atoms with Gasteiger partial charge in [0.1, 0.15) is 5.82 Å². The smallest absolute Gasteiger partial charge is 0.244 e. The Kier molecular flexibility index (Phi) is 4.65. The van der Waals surface area contributed by atoms with E-state index in [4.69, 9.17) is 4.52 Å². The van der Waals surface area contributed by atoms with Crippen LogP contribution in [0.3, 0.4) is 0 Å². The van der Waals surface area contributed by atoms with Crippen molar-refractivity contribution >= 4 is 10.0 Å². The molecule has 0 saturated carbocycles.